The van der Waals surface area contributed by atoms with Crippen molar-refractivity contribution in [1.29, 1.82) is 0 Å². The monoisotopic (exact) mass is 426 g/mol. The number of halogens is 1. The van der Waals surface area contributed by atoms with Gasteiger partial charge in [-0.1, -0.05) is 12.1 Å². The number of thiazole rings is 1. The highest BCUT2D eigenvalue weighted by Crippen LogP contribution is 2.27. The Bertz CT molecular complexity index is 658. The first-order valence-corrected chi connectivity index (χ1v) is 10.5. The zero-order chi connectivity index (χ0) is 17.2. The molecule has 0 unspecified atom stereocenters. The molecule has 0 amide bonds. The minimum absolute atomic E-state index is 0.718. The smallest absolute Gasteiger partial charge is 0.191 e. The quantitative estimate of drug-likeness (QED) is 0.283. The summed E-state index contributed by atoms with van der Waals surface area (Å²) < 4.78 is 1.18. The maximum atomic E-state index is 4.35. The van der Waals surface area contributed by atoms with Crippen LogP contribution < -0.4 is 10.6 Å². The Kier molecular flexibility index (Phi) is 8.63. The number of aliphatic imine (C=N–C) groups is 1. The molecule has 1 aromatic carbocycles. The van der Waals surface area contributed by atoms with Crippen LogP contribution in [0.4, 0.5) is 0 Å². The van der Waals surface area contributed by atoms with Gasteiger partial charge in [0.2, 0.25) is 0 Å². The van der Waals surface area contributed by atoms with Gasteiger partial charge in [-0.3, -0.25) is 4.99 Å². The van der Waals surface area contributed by atoms with Crippen LogP contribution in [0.25, 0.3) is 0 Å². The van der Waals surface area contributed by atoms with E-state index in [1.165, 1.54) is 20.7 Å². The van der Waals surface area contributed by atoms with Crippen molar-refractivity contribution in [2.45, 2.75) is 31.2 Å². The summed E-state index contributed by atoms with van der Waals surface area (Å²) in [6.07, 6.45) is 4.19. The Morgan fingerprint density at radius 1 is 1.29 bits per heavy atom. The molecule has 24 heavy (non-hydrogen) atoms. The fourth-order valence-electron chi connectivity index (χ4n) is 2.04. The van der Waals surface area contributed by atoms with Crippen molar-refractivity contribution in [3.63, 3.8) is 0 Å². The number of unbranched alkanes of at least 4 members (excludes halogenated alkanes) is 1. The SMILES string of the molecule is CN=C(NCCCCSc1ccccc1Br)NCc1ncc(C)s1. The summed E-state index contributed by atoms with van der Waals surface area (Å²) >= 11 is 7.19. The van der Waals surface area contributed by atoms with E-state index in [1.54, 1.807) is 18.4 Å². The van der Waals surface area contributed by atoms with Gasteiger partial charge in [0.25, 0.3) is 0 Å². The van der Waals surface area contributed by atoms with Crippen molar-refractivity contribution >= 4 is 45.0 Å². The van der Waals surface area contributed by atoms with Gasteiger partial charge in [-0.25, -0.2) is 4.98 Å². The van der Waals surface area contributed by atoms with Gasteiger partial charge in [0.1, 0.15) is 5.01 Å². The van der Waals surface area contributed by atoms with E-state index in [1.807, 2.05) is 24.0 Å². The molecule has 2 rings (SSSR count). The zero-order valence-corrected chi connectivity index (χ0v) is 17.2. The van der Waals surface area contributed by atoms with Crippen LogP contribution >= 0.6 is 39.0 Å². The summed E-state index contributed by atoms with van der Waals surface area (Å²) in [6.45, 7) is 3.71. The molecule has 7 heteroatoms. The van der Waals surface area contributed by atoms with Gasteiger partial charge in [0.15, 0.2) is 5.96 Å². The lowest BCUT2D eigenvalue weighted by molar-refractivity contribution is 0.732. The molecule has 0 fully saturated rings. The number of aromatic nitrogens is 1. The van der Waals surface area contributed by atoms with Gasteiger partial charge in [0, 0.05) is 34.0 Å². The highest BCUT2D eigenvalue weighted by atomic mass is 79.9. The maximum Gasteiger partial charge on any atom is 0.191 e. The largest absolute Gasteiger partial charge is 0.356 e. The summed E-state index contributed by atoms with van der Waals surface area (Å²) in [4.78, 5) is 11.1. The van der Waals surface area contributed by atoms with E-state index in [9.17, 15) is 0 Å². The van der Waals surface area contributed by atoms with Crippen LogP contribution in [0, 0.1) is 6.92 Å². The molecule has 2 N–H and O–H groups in total. The van der Waals surface area contributed by atoms with E-state index in [2.05, 4.69) is 61.7 Å². The van der Waals surface area contributed by atoms with Gasteiger partial charge in [-0.15, -0.1) is 23.1 Å². The van der Waals surface area contributed by atoms with Crippen LogP contribution in [0.2, 0.25) is 0 Å². The van der Waals surface area contributed by atoms with E-state index in [-0.39, 0.29) is 0 Å². The first kappa shape index (κ1) is 19.3. The van der Waals surface area contributed by atoms with Gasteiger partial charge in [-0.05, 0) is 53.6 Å². The van der Waals surface area contributed by atoms with Crippen molar-refractivity contribution in [1.82, 2.24) is 15.6 Å². The van der Waals surface area contributed by atoms with Crippen LogP contribution in [0.3, 0.4) is 0 Å². The Balaban J connectivity index is 1.58. The number of hydrogen-bond acceptors (Lipinski definition) is 4. The number of hydrogen-bond donors (Lipinski definition) is 2. The van der Waals surface area contributed by atoms with Crippen molar-refractivity contribution in [2.75, 3.05) is 19.3 Å². The van der Waals surface area contributed by atoms with E-state index in [0.29, 0.717) is 0 Å². The predicted molar refractivity (Wildman–Crippen MR) is 109 cm³/mol. The lowest BCUT2D eigenvalue weighted by Gasteiger charge is -2.10. The van der Waals surface area contributed by atoms with Gasteiger partial charge < -0.3 is 10.6 Å². The molecule has 0 saturated carbocycles. The molecule has 130 valence electrons. The molecule has 0 aliphatic heterocycles. The summed E-state index contributed by atoms with van der Waals surface area (Å²) in [5.41, 5.74) is 0. The van der Waals surface area contributed by atoms with Crippen LogP contribution in [-0.2, 0) is 6.54 Å². The van der Waals surface area contributed by atoms with Crippen molar-refractivity contribution in [2.24, 2.45) is 4.99 Å². The van der Waals surface area contributed by atoms with Crippen molar-refractivity contribution in [3.05, 3.63) is 44.8 Å². The maximum absolute atomic E-state index is 4.35. The molecule has 0 radical (unpaired) electrons. The average Bonchev–Trinajstić information content (AvgIpc) is 3.00. The highest BCUT2D eigenvalue weighted by Gasteiger charge is 2.02. The van der Waals surface area contributed by atoms with Gasteiger partial charge in [-0.2, -0.15) is 0 Å². The third kappa shape index (κ3) is 6.83. The molecule has 0 spiro atoms. The minimum atomic E-state index is 0.718. The Morgan fingerprint density at radius 2 is 2.12 bits per heavy atom. The Labute approximate surface area is 160 Å². The Morgan fingerprint density at radius 3 is 2.83 bits per heavy atom. The topological polar surface area (TPSA) is 49.3 Å². The second kappa shape index (κ2) is 10.7. The number of benzene rings is 1. The average molecular weight is 427 g/mol. The van der Waals surface area contributed by atoms with E-state index in [0.717, 1.165) is 36.2 Å². The van der Waals surface area contributed by atoms with Gasteiger partial charge in [0.05, 0.1) is 6.54 Å². The molecular formula is C17H23BrN4S2. The molecule has 0 aliphatic rings. The number of nitrogens with one attached hydrogen (secondary N) is 2. The van der Waals surface area contributed by atoms with Crippen LogP contribution in [0.1, 0.15) is 22.7 Å². The first-order valence-electron chi connectivity index (χ1n) is 7.92. The molecule has 0 atom stereocenters. The van der Waals surface area contributed by atoms with Crippen molar-refractivity contribution < 1.29 is 0 Å². The fourth-order valence-corrected chi connectivity index (χ4v) is 4.34. The molecule has 2 aromatic rings. The second-order valence-electron chi connectivity index (χ2n) is 5.20. The molecule has 0 aliphatic carbocycles. The summed E-state index contributed by atoms with van der Waals surface area (Å²) in [5.74, 6) is 1.95. The summed E-state index contributed by atoms with van der Waals surface area (Å²) in [5, 5.41) is 7.74. The summed E-state index contributed by atoms with van der Waals surface area (Å²) in [6, 6.07) is 8.36. The lowest BCUT2D eigenvalue weighted by atomic mass is 10.3. The predicted octanol–water partition coefficient (Wildman–Crippen LogP) is 4.45. The molecule has 1 aromatic heterocycles. The standard InChI is InChI=1S/C17H23BrN4S2/c1-13-11-21-16(24-13)12-22-17(19-2)20-9-5-6-10-23-15-8-4-3-7-14(15)18/h3-4,7-8,11H,5-6,9-10,12H2,1-2H3,(H2,19,20,22). The number of nitrogens with zero attached hydrogens (tertiary/aromatic N) is 2. The fraction of sp³-hybridized carbons (Fsp3) is 0.412. The number of guanidine groups is 1. The number of rotatable bonds is 8. The molecule has 4 nitrogen and oxygen atoms in total. The van der Waals surface area contributed by atoms with E-state index >= 15 is 0 Å². The van der Waals surface area contributed by atoms with E-state index in [4.69, 9.17) is 0 Å². The normalized spacial score (nSPS) is 11.5. The summed E-state index contributed by atoms with van der Waals surface area (Å²) in [7, 11) is 1.80. The van der Waals surface area contributed by atoms with Crippen LogP contribution in [0.15, 0.2) is 44.8 Å². The third-order valence-electron chi connectivity index (χ3n) is 3.26. The van der Waals surface area contributed by atoms with Gasteiger partial charge >= 0.3 is 0 Å². The number of thioether (sulfide) groups is 1. The van der Waals surface area contributed by atoms with E-state index < -0.39 is 0 Å². The molecule has 0 saturated heterocycles. The highest BCUT2D eigenvalue weighted by molar-refractivity contribution is 9.10. The minimum Gasteiger partial charge on any atom is -0.356 e. The second-order valence-corrected chi connectivity index (χ2v) is 8.51. The van der Waals surface area contributed by atoms with Crippen molar-refractivity contribution in [3.8, 4) is 0 Å². The molecule has 1 heterocycles. The first-order chi connectivity index (χ1) is 11.7. The Hall–Kier alpha value is -1.05. The zero-order valence-electron chi connectivity index (χ0n) is 14.0. The van der Waals surface area contributed by atoms with Crippen LogP contribution in [0.5, 0.6) is 0 Å². The third-order valence-corrected chi connectivity index (χ3v) is 6.28. The van der Waals surface area contributed by atoms with Crippen LogP contribution in [-0.4, -0.2) is 30.3 Å². The molecular weight excluding hydrogens is 404 g/mol. The number of aryl methyl sites for hydroxylation is 1. The molecule has 0 bridgehead atoms. The lowest BCUT2D eigenvalue weighted by Crippen LogP contribution is -2.37.